The number of carbonyl (C=O) groups excluding carboxylic acids is 4. The summed E-state index contributed by atoms with van der Waals surface area (Å²) in [7, 11) is -0.813. The quantitative estimate of drug-likeness (QED) is 0.0643. The number of phenolic OH excluding ortho intramolecular Hbond substituents is 2. The van der Waals surface area contributed by atoms with Gasteiger partial charge in [-0.2, -0.15) is 0 Å². The summed E-state index contributed by atoms with van der Waals surface area (Å²) in [6.07, 6.45) is 1.02. The number of aromatic nitrogens is 3. The van der Waals surface area contributed by atoms with Gasteiger partial charge in [-0.1, -0.05) is 50.9 Å². The largest absolute Gasteiger partial charge is 0.508 e. The zero-order valence-corrected chi connectivity index (χ0v) is 39.9. The lowest BCUT2D eigenvalue weighted by Gasteiger charge is -2.47. The predicted octanol–water partition coefficient (Wildman–Crippen LogP) is 7.72. The van der Waals surface area contributed by atoms with Gasteiger partial charge in [-0.15, -0.1) is 10.2 Å². The molecule has 2 saturated heterocycles. The Labute approximate surface area is 399 Å². The maximum atomic E-state index is 14.0. The molecule has 19 heteroatoms. The molecule has 2 aliphatic heterocycles. The molecule has 3 heterocycles. The third kappa shape index (κ3) is 10.5. The highest BCUT2D eigenvalue weighted by Crippen LogP contribution is 2.45. The second kappa shape index (κ2) is 20.0. The first kappa shape index (κ1) is 48.8. The first-order chi connectivity index (χ1) is 31.8. The van der Waals surface area contributed by atoms with E-state index in [2.05, 4.69) is 26.1 Å². The number of halogens is 2. The zero-order chi connectivity index (χ0) is 48.4. The van der Waals surface area contributed by atoms with E-state index in [9.17, 15) is 29.4 Å². The number of ether oxygens (including phenoxy) is 1. The molecule has 1 aromatic heterocycles. The van der Waals surface area contributed by atoms with Crippen molar-refractivity contribution in [1.29, 1.82) is 0 Å². The molecule has 4 aromatic carbocycles. The molecule has 16 nitrogen and oxygen atoms in total. The molecule has 5 N–H and O–H groups in total. The van der Waals surface area contributed by atoms with Crippen LogP contribution < -0.4 is 20.7 Å². The third-order valence-electron chi connectivity index (χ3n) is 12.1. The normalized spacial score (nSPS) is 18.4. The van der Waals surface area contributed by atoms with Crippen molar-refractivity contribution in [3.8, 4) is 40.1 Å². The molecule has 0 bridgehead atoms. The molecule has 2 unspecified atom stereocenters. The number of nitrogens with one attached hydrogen (secondary N) is 3. The van der Waals surface area contributed by atoms with Crippen molar-refractivity contribution in [3.63, 3.8) is 0 Å². The highest BCUT2D eigenvalue weighted by molar-refractivity contribution is 6.48. The van der Waals surface area contributed by atoms with E-state index >= 15 is 0 Å². The summed E-state index contributed by atoms with van der Waals surface area (Å²) in [6.45, 7) is 14.3. The van der Waals surface area contributed by atoms with Crippen LogP contribution in [0.3, 0.4) is 0 Å². The lowest BCUT2D eigenvalue weighted by atomic mass is 9.74. The number of fused-ring (bicyclic) bond motifs is 1. The van der Waals surface area contributed by atoms with Gasteiger partial charge in [0.15, 0.2) is 5.82 Å². The van der Waals surface area contributed by atoms with Crippen LogP contribution in [0.25, 0.3) is 17.1 Å². The van der Waals surface area contributed by atoms with Crippen LogP contribution >= 0.6 is 23.2 Å². The molecule has 4 amide bonds. The number of hydrogen-bond acceptors (Lipinski definition) is 11. The molecule has 0 radical (unpaired) electrons. The van der Waals surface area contributed by atoms with Gasteiger partial charge >= 0.3 is 7.12 Å². The minimum atomic E-state index is -0.909. The molecular weight excluding hydrogens is 900 g/mol. The Morgan fingerprint density at radius 1 is 0.851 bits per heavy atom. The molecule has 7 rings (SSSR count). The number of phenols is 2. The van der Waals surface area contributed by atoms with Crippen molar-refractivity contribution in [2.45, 2.75) is 84.4 Å². The van der Waals surface area contributed by atoms with Crippen molar-refractivity contribution in [3.05, 3.63) is 111 Å². The number of hydrogen-bond donors (Lipinski definition) is 5. The molecule has 0 aliphatic carbocycles. The predicted molar refractivity (Wildman–Crippen MR) is 254 cm³/mol. The van der Waals surface area contributed by atoms with E-state index < -0.39 is 42.0 Å². The average Bonchev–Trinajstić information content (AvgIpc) is 3.84. The molecule has 3 atom stereocenters. The van der Waals surface area contributed by atoms with E-state index in [1.54, 1.807) is 72.5 Å². The van der Waals surface area contributed by atoms with E-state index in [0.717, 1.165) is 0 Å². The van der Waals surface area contributed by atoms with E-state index in [4.69, 9.17) is 37.2 Å². The number of aromatic hydroxyl groups is 2. The van der Waals surface area contributed by atoms with E-state index in [1.807, 2.05) is 41.5 Å². The number of likely N-dealkylation sites (tertiary alicyclic amines) is 1. The average molecular weight is 955 g/mol. The Hall–Kier alpha value is -6.14. The summed E-state index contributed by atoms with van der Waals surface area (Å²) < 4.78 is 20.9. The summed E-state index contributed by atoms with van der Waals surface area (Å²) >= 11 is 12.2. The minimum absolute atomic E-state index is 0.00376. The lowest BCUT2D eigenvalue weighted by molar-refractivity contribution is -0.120. The van der Waals surface area contributed by atoms with Crippen molar-refractivity contribution in [2.75, 3.05) is 26.2 Å². The van der Waals surface area contributed by atoms with Crippen LogP contribution in [-0.2, 0) is 14.1 Å². The van der Waals surface area contributed by atoms with Gasteiger partial charge in [0, 0.05) is 35.4 Å². The summed E-state index contributed by atoms with van der Waals surface area (Å²) in [5, 5.41) is 38.7. The Balaban J connectivity index is 1.00. The summed E-state index contributed by atoms with van der Waals surface area (Å²) in [5.41, 5.74) is 0.343. The van der Waals surface area contributed by atoms with Gasteiger partial charge in [0.1, 0.15) is 23.0 Å². The van der Waals surface area contributed by atoms with Crippen LogP contribution in [0.1, 0.15) is 104 Å². The Morgan fingerprint density at radius 2 is 1.52 bits per heavy atom. The Bertz CT molecular complexity index is 2670. The third-order valence-corrected chi connectivity index (χ3v) is 12.7. The maximum Gasteiger partial charge on any atom is 0.481 e. The van der Waals surface area contributed by atoms with Gasteiger partial charge in [-0.05, 0) is 124 Å². The summed E-state index contributed by atoms with van der Waals surface area (Å²) in [6, 6.07) is 21.1. The van der Waals surface area contributed by atoms with Crippen molar-refractivity contribution in [2.24, 2.45) is 5.92 Å². The SMILES string of the molecule is CCNC(=O)c1nnc(-c2cc(C(C)C)c(O)cc2O)n1-c1ccc(Oc2ccc(C(=O)N3CCC4(C)OB([C@H](CC(C)C)NC(=O)CNC(=O)c5cc(Cl)ccc5Cl)OC4(C)C3)cc2)cc1. The number of carbonyl (C=O) groups is 4. The lowest BCUT2D eigenvalue weighted by Crippen LogP contribution is -2.61. The number of nitrogens with zero attached hydrogens (tertiary/aromatic N) is 4. The number of amides is 4. The number of piperidine rings is 1. The molecule has 67 heavy (non-hydrogen) atoms. The van der Waals surface area contributed by atoms with Crippen molar-refractivity contribution < 1.29 is 43.4 Å². The fourth-order valence-corrected chi connectivity index (χ4v) is 8.72. The second-order valence-electron chi connectivity index (χ2n) is 17.9. The van der Waals surface area contributed by atoms with Gasteiger partial charge < -0.3 is 45.1 Å². The van der Waals surface area contributed by atoms with E-state index in [1.165, 1.54) is 22.8 Å². The smallest absolute Gasteiger partial charge is 0.481 e. The maximum absolute atomic E-state index is 14.0. The standard InChI is InChI=1S/C48H54BCl2N7O9/c1-8-52-45(63)43-56-55-42(36-23-34(28(4)5)38(59)24-39(36)60)58(43)31-12-16-33(17-13-31)65-32-14-9-29(10-15-32)46(64)57-20-19-47(6)48(7,26-57)67-49(66-47)40(21-27(2)3)54-41(61)25-53-44(62)35-22-30(50)11-18-37(35)51/h9-18,22-24,27-28,40,59-60H,8,19-21,25-26H2,1-7H3,(H,52,63)(H,53,62)(H,54,61)/t40-,47?,48?/m0/s1. The summed E-state index contributed by atoms with van der Waals surface area (Å²) in [4.78, 5) is 54.8. The van der Waals surface area contributed by atoms with Crippen LogP contribution in [-0.4, -0.2) is 104 Å². The van der Waals surface area contributed by atoms with Crippen molar-refractivity contribution >= 4 is 53.9 Å². The minimum Gasteiger partial charge on any atom is -0.508 e. The zero-order valence-electron chi connectivity index (χ0n) is 38.4. The van der Waals surface area contributed by atoms with Gasteiger partial charge in [0.25, 0.3) is 17.7 Å². The topological polar surface area (TPSA) is 206 Å². The van der Waals surface area contributed by atoms with Crippen LogP contribution in [0.4, 0.5) is 0 Å². The van der Waals surface area contributed by atoms with E-state index in [0.29, 0.717) is 64.8 Å². The summed E-state index contributed by atoms with van der Waals surface area (Å²) in [5.74, 6) is -1.18. The van der Waals surface area contributed by atoms with Crippen LogP contribution in [0.2, 0.25) is 10.0 Å². The van der Waals surface area contributed by atoms with Gasteiger partial charge in [-0.25, -0.2) is 0 Å². The molecule has 0 saturated carbocycles. The molecule has 352 valence electrons. The molecule has 2 aliphatic rings. The fourth-order valence-electron chi connectivity index (χ4n) is 8.35. The fraction of sp³-hybridized carbons (Fsp3) is 0.375. The Kier molecular flexibility index (Phi) is 14.6. The van der Waals surface area contributed by atoms with Crippen LogP contribution in [0.15, 0.2) is 78.9 Å². The molecule has 5 aromatic rings. The second-order valence-corrected chi connectivity index (χ2v) is 18.7. The highest BCUT2D eigenvalue weighted by atomic mass is 35.5. The molecular formula is C48H54BCl2N7O9. The van der Waals surface area contributed by atoms with Crippen molar-refractivity contribution in [1.82, 2.24) is 35.6 Å². The van der Waals surface area contributed by atoms with Gasteiger partial charge in [0.05, 0.1) is 46.4 Å². The van der Waals surface area contributed by atoms with Gasteiger partial charge in [-0.3, -0.25) is 23.7 Å². The molecule has 0 spiro atoms. The van der Waals surface area contributed by atoms with E-state index in [-0.39, 0.29) is 64.6 Å². The first-order valence-corrected chi connectivity index (χ1v) is 22.9. The first-order valence-electron chi connectivity index (χ1n) is 22.2. The monoisotopic (exact) mass is 953 g/mol. The number of rotatable bonds is 15. The highest BCUT2D eigenvalue weighted by Gasteiger charge is 2.61. The number of benzene rings is 4. The molecule has 2 fully saturated rings. The van der Waals surface area contributed by atoms with Crippen LogP contribution in [0.5, 0.6) is 23.0 Å². The van der Waals surface area contributed by atoms with Gasteiger partial charge in [0.2, 0.25) is 11.7 Å². The Morgan fingerprint density at radius 3 is 2.18 bits per heavy atom. The van der Waals surface area contributed by atoms with Crippen LogP contribution in [0, 0.1) is 5.92 Å².